The third-order valence-electron chi connectivity index (χ3n) is 14.9. The number of anilines is 3. The fraction of sp³-hybridized carbons (Fsp3) is 0.346. The lowest BCUT2D eigenvalue weighted by Gasteiger charge is -2.63. The van der Waals surface area contributed by atoms with Crippen LogP contribution in [0.15, 0.2) is 137 Å². The third-order valence-corrected chi connectivity index (χ3v) is 16.1. The van der Waals surface area contributed by atoms with Crippen molar-refractivity contribution < 1.29 is 0 Å². The van der Waals surface area contributed by atoms with E-state index in [1.807, 2.05) is 11.8 Å². The molecule has 0 N–H and O–H groups in total. The Morgan fingerprint density at radius 2 is 1.13 bits per heavy atom. The smallest absolute Gasteiger partial charge is 0.0502 e. The summed E-state index contributed by atoms with van der Waals surface area (Å²) in [5, 5.41) is 2.57. The molecule has 5 aliphatic carbocycles. The van der Waals surface area contributed by atoms with E-state index in [0.717, 1.165) is 23.7 Å². The molecule has 4 fully saturated rings. The summed E-state index contributed by atoms with van der Waals surface area (Å²) in [6.45, 7) is 9.85. The Labute approximate surface area is 326 Å². The summed E-state index contributed by atoms with van der Waals surface area (Å²) >= 11 is 2.02. The van der Waals surface area contributed by atoms with Crippen molar-refractivity contribution in [3.8, 4) is 11.1 Å². The lowest BCUT2D eigenvalue weighted by Crippen LogP contribution is -2.57. The van der Waals surface area contributed by atoms with Gasteiger partial charge in [-0.25, -0.2) is 0 Å². The Morgan fingerprint density at radius 3 is 1.91 bits per heavy atom. The molecule has 6 aromatic carbocycles. The summed E-state index contributed by atoms with van der Waals surface area (Å²) in [7, 11) is 0. The number of benzene rings is 6. The molecule has 4 bridgehead atoms. The second-order valence-corrected chi connectivity index (χ2v) is 19.9. The largest absolute Gasteiger partial charge is 0.310 e. The molecule has 0 atom stereocenters. The normalized spacial score (nSPS) is 26.7. The Hall–Kier alpha value is -4.27. The molecule has 4 saturated carbocycles. The lowest BCUT2D eigenvalue weighted by molar-refractivity contribution is -0.0443. The molecule has 0 amide bonds. The maximum Gasteiger partial charge on any atom is 0.0502 e. The summed E-state index contributed by atoms with van der Waals surface area (Å²) in [6, 6.07) is 49.3. The van der Waals surface area contributed by atoms with E-state index in [1.54, 1.807) is 11.1 Å². The van der Waals surface area contributed by atoms with Gasteiger partial charge in [-0.2, -0.15) is 0 Å². The van der Waals surface area contributed by atoms with Crippen LogP contribution in [0.1, 0.15) is 94.9 Å². The number of nitrogens with zero attached hydrogens (tertiary/aromatic N) is 1. The van der Waals surface area contributed by atoms with E-state index >= 15 is 0 Å². The molecule has 0 saturated heterocycles. The van der Waals surface area contributed by atoms with Gasteiger partial charge in [-0.05, 0) is 166 Å². The van der Waals surface area contributed by atoms with E-state index in [2.05, 4.69) is 160 Å². The van der Waals surface area contributed by atoms with Crippen LogP contribution in [0, 0.1) is 23.7 Å². The van der Waals surface area contributed by atoms with Crippen molar-refractivity contribution in [2.24, 2.45) is 23.7 Å². The maximum absolute atomic E-state index is 2.61. The first-order valence-corrected chi connectivity index (χ1v) is 21.5. The highest BCUT2D eigenvalue weighted by Gasteiger charge is 2.60. The highest BCUT2D eigenvalue weighted by molar-refractivity contribution is 7.99. The zero-order chi connectivity index (χ0) is 36.4. The molecule has 0 radical (unpaired) electrons. The van der Waals surface area contributed by atoms with Crippen LogP contribution in [-0.4, -0.2) is 0 Å². The molecule has 12 rings (SSSR count). The second kappa shape index (κ2) is 11.9. The minimum Gasteiger partial charge on any atom is -0.310 e. The van der Waals surface area contributed by atoms with Gasteiger partial charge in [0.1, 0.15) is 0 Å². The standard InChI is InChI=1S/C52H51NS/c1-50(2)24-25-51(3,4)49-45(50)13-9-14-46(49)53(41-20-18-36(19-21-41)38-17-16-35-10-5-6-11-37(35)31-38)42-22-23-44-48(32-42)54-47-15-8-7-12-43(47)52(44)39-27-33-26-34(29-39)30-40(52)28-33/h5-23,31-34,39-40H,24-30H2,1-4H3. The van der Waals surface area contributed by atoms with Crippen LogP contribution < -0.4 is 4.90 Å². The first-order chi connectivity index (χ1) is 26.2. The topological polar surface area (TPSA) is 3.24 Å². The zero-order valence-electron chi connectivity index (χ0n) is 32.2. The average molecular weight is 722 g/mol. The molecule has 6 aliphatic rings. The van der Waals surface area contributed by atoms with Crippen molar-refractivity contribution in [1.29, 1.82) is 0 Å². The average Bonchev–Trinajstić information content (AvgIpc) is 3.18. The molecule has 0 unspecified atom stereocenters. The van der Waals surface area contributed by atoms with Gasteiger partial charge in [0.05, 0.1) is 5.69 Å². The fourth-order valence-electron chi connectivity index (χ4n) is 12.5. The molecule has 1 aliphatic heterocycles. The van der Waals surface area contributed by atoms with Crippen LogP contribution in [-0.2, 0) is 16.2 Å². The van der Waals surface area contributed by atoms with E-state index in [-0.39, 0.29) is 16.2 Å². The number of rotatable bonds is 4. The molecular weight excluding hydrogens is 671 g/mol. The predicted molar refractivity (Wildman–Crippen MR) is 228 cm³/mol. The molecule has 54 heavy (non-hydrogen) atoms. The highest BCUT2D eigenvalue weighted by atomic mass is 32.2. The summed E-state index contributed by atoms with van der Waals surface area (Å²) in [4.78, 5) is 5.57. The van der Waals surface area contributed by atoms with Gasteiger partial charge in [0.25, 0.3) is 0 Å². The van der Waals surface area contributed by atoms with Gasteiger partial charge in [0.15, 0.2) is 0 Å². The number of hydrogen-bond donors (Lipinski definition) is 0. The van der Waals surface area contributed by atoms with Gasteiger partial charge < -0.3 is 4.90 Å². The van der Waals surface area contributed by atoms with Crippen LogP contribution in [0.2, 0.25) is 0 Å². The Morgan fingerprint density at radius 1 is 0.500 bits per heavy atom. The monoisotopic (exact) mass is 721 g/mol. The first kappa shape index (κ1) is 33.1. The Kier molecular flexibility index (Phi) is 7.27. The lowest BCUT2D eigenvalue weighted by atomic mass is 9.42. The number of hydrogen-bond acceptors (Lipinski definition) is 2. The van der Waals surface area contributed by atoms with Crippen molar-refractivity contribution in [3.63, 3.8) is 0 Å². The molecule has 1 heterocycles. The Balaban J connectivity index is 1.09. The van der Waals surface area contributed by atoms with Crippen LogP contribution in [0.5, 0.6) is 0 Å². The van der Waals surface area contributed by atoms with Crippen molar-refractivity contribution in [2.45, 2.75) is 98.7 Å². The first-order valence-electron chi connectivity index (χ1n) is 20.6. The van der Waals surface area contributed by atoms with Crippen molar-refractivity contribution in [3.05, 3.63) is 150 Å². The molecule has 0 aromatic heterocycles. The van der Waals surface area contributed by atoms with Crippen LogP contribution in [0.25, 0.3) is 21.9 Å². The minimum absolute atomic E-state index is 0.0665. The van der Waals surface area contributed by atoms with Crippen molar-refractivity contribution >= 4 is 39.6 Å². The third kappa shape index (κ3) is 4.84. The van der Waals surface area contributed by atoms with Crippen molar-refractivity contribution in [2.75, 3.05) is 4.90 Å². The van der Waals surface area contributed by atoms with Gasteiger partial charge in [-0.3, -0.25) is 0 Å². The van der Waals surface area contributed by atoms with Gasteiger partial charge >= 0.3 is 0 Å². The summed E-state index contributed by atoms with van der Waals surface area (Å²) in [5.74, 6) is 3.38. The molecular formula is C52H51NS. The highest BCUT2D eigenvalue weighted by Crippen LogP contribution is 2.69. The van der Waals surface area contributed by atoms with Crippen LogP contribution >= 0.6 is 11.8 Å². The van der Waals surface area contributed by atoms with E-state index < -0.39 is 0 Å². The molecule has 1 spiro atoms. The summed E-state index contributed by atoms with van der Waals surface area (Å²) in [5.41, 5.74) is 12.9. The zero-order valence-corrected chi connectivity index (χ0v) is 33.1. The van der Waals surface area contributed by atoms with Crippen LogP contribution in [0.3, 0.4) is 0 Å². The SMILES string of the molecule is CC1(C)CCC(C)(C)c2c(N(c3ccc(-c4ccc5ccccc5c4)cc3)c3ccc4c(c3)Sc3ccccc3C43C4CC5CC(C4)CC3C5)cccc21. The molecule has 1 nitrogen and oxygen atoms in total. The van der Waals surface area contributed by atoms with E-state index in [1.165, 1.54) is 105 Å². The Bertz CT molecular complexity index is 2420. The van der Waals surface area contributed by atoms with Gasteiger partial charge in [0, 0.05) is 26.6 Å². The van der Waals surface area contributed by atoms with Gasteiger partial charge in [-0.1, -0.05) is 124 Å². The number of fused-ring (bicyclic) bond motifs is 4. The van der Waals surface area contributed by atoms with E-state index in [9.17, 15) is 0 Å². The quantitative estimate of drug-likeness (QED) is 0.178. The molecule has 2 heteroatoms. The van der Waals surface area contributed by atoms with Gasteiger partial charge in [0.2, 0.25) is 0 Å². The summed E-state index contributed by atoms with van der Waals surface area (Å²) < 4.78 is 0. The predicted octanol–water partition coefficient (Wildman–Crippen LogP) is 14.5. The van der Waals surface area contributed by atoms with Crippen molar-refractivity contribution in [1.82, 2.24) is 0 Å². The van der Waals surface area contributed by atoms with E-state index in [0.29, 0.717) is 0 Å². The van der Waals surface area contributed by atoms with E-state index in [4.69, 9.17) is 0 Å². The van der Waals surface area contributed by atoms with Crippen LogP contribution in [0.4, 0.5) is 17.1 Å². The molecule has 6 aromatic rings. The summed E-state index contributed by atoms with van der Waals surface area (Å²) in [6.07, 6.45) is 9.50. The molecule has 270 valence electrons. The fourth-order valence-corrected chi connectivity index (χ4v) is 13.8. The maximum atomic E-state index is 2.61. The second-order valence-electron chi connectivity index (χ2n) is 18.9. The minimum atomic E-state index is 0.0665. The van der Waals surface area contributed by atoms with Gasteiger partial charge in [-0.15, -0.1) is 0 Å².